The Bertz CT molecular complexity index is 745. The Morgan fingerprint density at radius 2 is 1.63 bits per heavy atom. The standard InChI is InChI=1S/C18H19N/c1-19-17-9-5-4-8-15(17)16-11-10-14(12-18(16)19)13-6-2-3-7-13/h4-5,8-13H,2-3,6-7H2,1H3. The van der Waals surface area contributed by atoms with Crippen LogP contribution in [0.5, 0.6) is 0 Å². The van der Waals surface area contributed by atoms with E-state index in [0.717, 1.165) is 5.92 Å². The van der Waals surface area contributed by atoms with Crippen LogP contribution in [0.25, 0.3) is 21.8 Å². The van der Waals surface area contributed by atoms with Crippen molar-refractivity contribution in [3.63, 3.8) is 0 Å². The predicted octanol–water partition coefficient (Wildman–Crippen LogP) is 4.99. The van der Waals surface area contributed by atoms with Gasteiger partial charge in [0.2, 0.25) is 0 Å². The van der Waals surface area contributed by atoms with E-state index >= 15 is 0 Å². The fraction of sp³-hybridized carbons (Fsp3) is 0.333. The van der Waals surface area contributed by atoms with Crippen LogP contribution in [0.1, 0.15) is 37.2 Å². The van der Waals surface area contributed by atoms with Crippen LogP contribution in [0.4, 0.5) is 0 Å². The number of para-hydroxylation sites is 1. The van der Waals surface area contributed by atoms with Gasteiger partial charge in [-0.1, -0.05) is 43.2 Å². The van der Waals surface area contributed by atoms with Gasteiger partial charge in [-0.15, -0.1) is 0 Å². The number of nitrogens with zero attached hydrogens (tertiary/aromatic N) is 1. The number of aryl methyl sites for hydroxylation is 1. The van der Waals surface area contributed by atoms with Crippen molar-refractivity contribution in [2.45, 2.75) is 31.6 Å². The maximum absolute atomic E-state index is 2.42. The Labute approximate surface area is 113 Å². The van der Waals surface area contributed by atoms with Crippen LogP contribution in [0.3, 0.4) is 0 Å². The molecule has 0 atom stereocenters. The zero-order valence-corrected chi connectivity index (χ0v) is 11.4. The van der Waals surface area contributed by atoms with Crippen molar-refractivity contribution >= 4 is 21.8 Å². The molecule has 96 valence electrons. The second-order valence-corrected chi connectivity index (χ2v) is 5.83. The SMILES string of the molecule is Cn1c2ccccc2c2ccc(C3CCCC3)cc21. The highest BCUT2D eigenvalue weighted by Gasteiger charge is 2.18. The van der Waals surface area contributed by atoms with Crippen molar-refractivity contribution in [3.8, 4) is 0 Å². The van der Waals surface area contributed by atoms with E-state index in [4.69, 9.17) is 0 Å². The van der Waals surface area contributed by atoms with E-state index in [1.165, 1.54) is 53.1 Å². The number of hydrogen-bond donors (Lipinski definition) is 0. The van der Waals surface area contributed by atoms with Gasteiger partial charge in [-0.25, -0.2) is 0 Å². The summed E-state index contributed by atoms with van der Waals surface area (Å²) in [4.78, 5) is 0. The quantitative estimate of drug-likeness (QED) is 0.572. The first-order valence-corrected chi connectivity index (χ1v) is 7.31. The molecule has 1 heteroatoms. The predicted molar refractivity (Wildman–Crippen MR) is 81.6 cm³/mol. The molecule has 1 aromatic heterocycles. The van der Waals surface area contributed by atoms with Gasteiger partial charge in [0.15, 0.2) is 0 Å². The largest absolute Gasteiger partial charge is 0.344 e. The molecule has 0 radical (unpaired) electrons. The first-order chi connectivity index (χ1) is 9.34. The third-order valence-electron chi connectivity index (χ3n) is 4.77. The molecular formula is C18H19N. The molecule has 1 aliphatic carbocycles. The van der Waals surface area contributed by atoms with Crippen LogP contribution in [0.2, 0.25) is 0 Å². The number of aromatic nitrogens is 1. The van der Waals surface area contributed by atoms with E-state index < -0.39 is 0 Å². The summed E-state index contributed by atoms with van der Waals surface area (Å²) < 4.78 is 2.34. The van der Waals surface area contributed by atoms with Crippen molar-refractivity contribution < 1.29 is 0 Å². The third-order valence-corrected chi connectivity index (χ3v) is 4.77. The minimum atomic E-state index is 0.794. The molecule has 0 aliphatic heterocycles. The molecule has 0 saturated heterocycles. The van der Waals surface area contributed by atoms with E-state index in [1.54, 1.807) is 0 Å². The molecule has 19 heavy (non-hydrogen) atoms. The fourth-order valence-electron chi connectivity index (χ4n) is 3.69. The second kappa shape index (κ2) is 4.12. The maximum Gasteiger partial charge on any atom is 0.0491 e. The van der Waals surface area contributed by atoms with Gasteiger partial charge in [0.05, 0.1) is 0 Å². The van der Waals surface area contributed by atoms with Gasteiger partial charge < -0.3 is 4.57 Å². The average molecular weight is 249 g/mol. The number of rotatable bonds is 1. The van der Waals surface area contributed by atoms with Crippen LogP contribution in [-0.4, -0.2) is 4.57 Å². The van der Waals surface area contributed by atoms with E-state index in [-0.39, 0.29) is 0 Å². The van der Waals surface area contributed by atoms with Crippen molar-refractivity contribution in [2.75, 3.05) is 0 Å². The van der Waals surface area contributed by atoms with E-state index in [9.17, 15) is 0 Å². The first kappa shape index (κ1) is 11.1. The number of fused-ring (bicyclic) bond motifs is 3. The monoisotopic (exact) mass is 249 g/mol. The van der Waals surface area contributed by atoms with E-state index in [2.05, 4.69) is 54.1 Å². The van der Waals surface area contributed by atoms with Crippen LogP contribution in [-0.2, 0) is 7.05 Å². The van der Waals surface area contributed by atoms with Gasteiger partial charge in [0.1, 0.15) is 0 Å². The zero-order valence-electron chi connectivity index (χ0n) is 11.4. The Kier molecular flexibility index (Phi) is 2.41. The molecule has 0 amide bonds. The van der Waals surface area contributed by atoms with Crippen LogP contribution >= 0.6 is 0 Å². The molecule has 0 unspecified atom stereocenters. The molecular weight excluding hydrogens is 230 g/mol. The molecule has 1 aliphatic rings. The molecule has 1 nitrogen and oxygen atoms in total. The van der Waals surface area contributed by atoms with Crippen LogP contribution in [0, 0.1) is 0 Å². The molecule has 1 heterocycles. The molecule has 3 aromatic rings. The highest BCUT2D eigenvalue weighted by atomic mass is 14.9. The minimum Gasteiger partial charge on any atom is -0.344 e. The van der Waals surface area contributed by atoms with Crippen molar-refractivity contribution in [3.05, 3.63) is 48.0 Å². The minimum absolute atomic E-state index is 0.794. The molecule has 0 N–H and O–H groups in total. The Balaban J connectivity index is 1.98. The fourth-order valence-corrected chi connectivity index (χ4v) is 3.69. The van der Waals surface area contributed by atoms with Gasteiger partial charge in [-0.05, 0) is 36.5 Å². The van der Waals surface area contributed by atoms with Gasteiger partial charge in [-0.2, -0.15) is 0 Å². The summed E-state index contributed by atoms with van der Waals surface area (Å²) in [6, 6.07) is 15.8. The molecule has 0 bridgehead atoms. The highest BCUT2D eigenvalue weighted by molar-refractivity contribution is 6.08. The van der Waals surface area contributed by atoms with Crippen LogP contribution in [0.15, 0.2) is 42.5 Å². The summed E-state index contributed by atoms with van der Waals surface area (Å²) in [7, 11) is 2.18. The second-order valence-electron chi connectivity index (χ2n) is 5.83. The summed E-state index contributed by atoms with van der Waals surface area (Å²) >= 11 is 0. The lowest BCUT2D eigenvalue weighted by molar-refractivity contribution is 0.724. The molecule has 2 aromatic carbocycles. The molecule has 4 rings (SSSR count). The van der Waals surface area contributed by atoms with Crippen molar-refractivity contribution in [2.24, 2.45) is 7.05 Å². The normalized spacial score (nSPS) is 16.7. The van der Waals surface area contributed by atoms with Crippen molar-refractivity contribution in [1.29, 1.82) is 0 Å². The molecule has 0 spiro atoms. The van der Waals surface area contributed by atoms with E-state index in [1.807, 2.05) is 0 Å². The third kappa shape index (κ3) is 1.61. The summed E-state index contributed by atoms with van der Waals surface area (Å²) in [6.07, 6.45) is 5.54. The Morgan fingerprint density at radius 1 is 0.895 bits per heavy atom. The number of benzene rings is 2. The lowest BCUT2D eigenvalue weighted by atomic mass is 9.96. The zero-order chi connectivity index (χ0) is 12.8. The smallest absolute Gasteiger partial charge is 0.0491 e. The average Bonchev–Trinajstić information content (AvgIpc) is 3.08. The summed E-state index contributed by atoms with van der Waals surface area (Å²) in [5, 5.41) is 2.76. The van der Waals surface area contributed by atoms with Gasteiger partial charge in [0, 0.05) is 28.9 Å². The number of hydrogen-bond acceptors (Lipinski definition) is 0. The van der Waals surface area contributed by atoms with Crippen molar-refractivity contribution in [1.82, 2.24) is 4.57 Å². The topological polar surface area (TPSA) is 4.93 Å². The summed E-state index contributed by atoms with van der Waals surface area (Å²) in [5.41, 5.74) is 4.25. The van der Waals surface area contributed by atoms with Crippen LogP contribution < -0.4 is 0 Å². The van der Waals surface area contributed by atoms with E-state index in [0.29, 0.717) is 0 Å². The Morgan fingerprint density at radius 3 is 2.47 bits per heavy atom. The molecule has 1 saturated carbocycles. The van der Waals surface area contributed by atoms with Gasteiger partial charge in [-0.3, -0.25) is 0 Å². The first-order valence-electron chi connectivity index (χ1n) is 7.31. The lowest BCUT2D eigenvalue weighted by Crippen LogP contribution is -1.93. The molecule has 1 fully saturated rings. The lowest BCUT2D eigenvalue weighted by Gasteiger charge is -2.10. The summed E-state index contributed by atoms with van der Waals surface area (Å²) in [5.74, 6) is 0.794. The van der Waals surface area contributed by atoms with Gasteiger partial charge in [0.25, 0.3) is 0 Å². The van der Waals surface area contributed by atoms with Gasteiger partial charge >= 0.3 is 0 Å². The Hall–Kier alpha value is -1.76. The highest BCUT2D eigenvalue weighted by Crippen LogP contribution is 2.37. The summed E-state index contributed by atoms with van der Waals surface area (Å²) in [6.45, 7) is 0. The maximum atomic E-state index is 2.42.